The second kappa shape index (κ2) is 9.04. The summed E-state index contributed by atoms with van der Waals surface area (Å²) < 4.78 is 25.6. The molecule has 0 aliphatic carbocycles. The van der Waals surface area contributed by atoms with E-state index < -0.39 is 14.9 Å². The lowest BCUT2D eigenvalue weighted by molar-refractivity contribution is -0.384. The minimum Gasteiger partial charge on any atom is -0.326 e. The summed E-state index contributed by atoms with van der Waals surface area (Å²) in [4.78, 5) is 22.7. The largest absolute Gasteiger partial charge is 0.326 e. The topological polar surface area (TPSA) is 110 Å². The van der Waals surface area contributed by atoms with Crippen molar-refractivity contribution >= 4 is 33.0 Å². The second-order valence-electron chi connectivity index (χ2n) is 7.03. The number of nitro benzene ring substituents is 1. The van der Waals surface area contributed by atoms with Crippen molar-refractivity contribution in [2.75, 3.05) is 22.4 Å². The van der Waals surface area contributed by atoms with E-state index in [9.17, 15) is 23.3 Å². The van der Waals surface area contributed by atoms with Gasteiger partial charge in [-0.15, -0.1) is 0 Å². The maximum atomic E-state index is 12.3. The van der Waals surface area contributed by atoms with Gasteiger partial charge in [-0.3, -0.25) is 19.2 Å². The van der Waals surface area contributed by atoms with Crippen LogP contribution in [0.2, 0.25) is 0 Å². The molecule has 0 aromatic heterocycles. The summed E-state index contributed by atoms with van der Waals surface area (Å²) in [6, 6.07) is 9.78. The Morgan fingerprint density at radius 3 is 2.38 bits per heavy atom. The molecular weight excluding hydrogens is 394 g/mol. The molecule has 0 aliphatic heterocycles. The van der Waals surface area contributed by atoms with Gasteiger partial charge >= 0.3 is 0 Å². The third kappa shape index (κ3) is 6.02. The Morgan fingerprint density at radius 2 is 1.79 bits per heavy atom. The summed E-state index contributed by atoms with van der Waals surface area (Å²) >= 11 is 0. The van der Waals surface area contributed by atoms with Gasteiger partial charge < -0.3 is 5.32 Å². The molecule has 0 heterocycles. The van der Waals surface area contributed by atoms with E-state index in [1.807, 2.05) is 32.0 Å². The number of nitro groups is 1. The van der Waals surface area contributed by atoms with Gasteiger partial charge in [-0.1, -0.05) is 23.8 Å². The molecule has 0 radical (unpaired) electrons. The van der Waals surface area contributed by atoms with Gasteiger partial charge in [0, 0.05) is 30.8 Å². The Morgan fingerprint density at radius 1 is 1.10 bits per heavy atom. The van der Waals surface area contributed by atoms with E-state index in [2.05, 4.69) is 5.32 Å². The summed E-state index contributed by atoms with van der Waals surface area (Å²) in [5.74, 6) is -0.221. The Kier molecular flexibility index (Phi) is 6.97. The van der Waals surface area contributed by atoms with Crippen LogP contribution in [0.1, 0.15) is 29.5 Å². The normalized spacial score (nSPS) is 11.2. The Bertz CT molecular complexity index is 1030. The molecule has 0 saturated heterocycles. The van der Waals surface area contributed by atoms with E-state index in [0.29, 0.717) is 5.56 Å². The molecule has 0 atom stereocenters. The van der Waals surface area contributed by atoms with Crippen LogP contribution in [0.3, 0.4) is 0 Å². The molecule has 0 unspecified atom stereocenters. The fraction of sp³-hybridized carbons (Fsp3) is 0.350. The molecule has 0 aliphatic rings. The van der Waals surface area contributed by atoms with Crippen LogP contribution < -0.4 is 9.62 Å². The number of anilines is 2. The van der Waals surface area contributed by atoms with Crippen LogP contribution in [0.15, 0.2) is 36.4 Å². The minimum atomic E-state index is -3.67. The highest BCUT2D eigenvalue weighted by atomic mass is 32.2. The Labute approximate surface area is 170 Å². The molecule has 2 aromatic carbocycles. The maximum Gasteiger partial charge on any atom is 0.271 e. The van der Waals surface area contributed by atoms with Crippen molar-refractivity contribution < 1.29 is 18.1 Å². The van der Waals surface area contributed by atoms with Gasteiger partial charge in [-0.05, 0) is 44.4 Å². The van der Waals surface area contributed by atoms with E-state index in [1.165, 1.54) is 18.2 Å². The van der Waals surface area contributed by atoms with Gasteiger partial charge in [0.15, 0.2) is 0 Å². The predicted molar refractivity (Wildman–Crippen MR) is 114 cm³/mol. The quantitative estimate of drug-likeness (QED) is 0.518. The van der Waals surface area contributed by atoms with Crippen molar-refractivity contribution in [3.05, 3.63) is 63.2 Å². The maximum absolute atomic E-state index is 12.3. The number of hydrogen-bond donors (Lipinski definition) is 1. The van der Waals surface area contributed by atoms with Gasteiger partial charge in [0.2, 0.25) is 15.9 Å². The van der Waals surface area contributed by atoms with Crippen LogP contribution in [0.5, 0.6) is 0 Å². The van der Waals surface area contributed by atoms with E-state index in [4.69, 9.17) is 0 Å². The summed E-state index contributed by atoms with van der Waals surface area (Å²) in [7, 11) is -3.67. The van der Waals surface area contributed by atoms with Gasteiger partial charge in [0.05, 0.1) is 16.9 Å². The zero-order valence-electron chi connectivity index (χ0n) is 16.9. The number of amides is 1. The third-order valence-corrected chi connectivity index (χ3v) is 5.67. The number of nitrogens with one attached hydrogen (secondary N) is 1. The van der Waals surface area contributed by atoms with Crippen molar-refractivity contribution in [3.8, 4) is 0 Å². The van der Waals surface area contributed by atoms with Crippen LogP contribution in [0, 0.1) is 30.9 Å². The third-order valence-electron chi connectivity index (χ3n) is 4.49. The van der Waals surface area contributed by atoms with Crippen molar-refractivity contribution in [2.24, 2.45) is 0 Å². The molecule has 9 heteroatoms. The number of nitrogens with zero attached hydrogens (tertiary/aromatic N) is 2. The molecule has 2 rings (SSSR count). The van der Waals surface area contributed by atoms with Crippen LogP contribution in [0.25, 0.3) is 0 Å². The second-order valence-corrected chi connectivity index (χ2v) is 8.94. The lowest BCUT2D eigenvalue weighted by Gasteiger charge is -2.24. The van der Waals surface area contributed by atoms with Gasteiger partial charge in [0.1, 0.15) is 0 Å². The highest BCUT2D eigenvalue weighted by Crippen LogP contribution is 2.28. The van der Waals surface area contributed by atoms with Gasteiger partial charge in [-0.25, -0.2) is 8.42 Å². The molecule has 1 amide bonds. The summed E-state index contributed by atoms with van der Waals surface area (Å²) in [6.45, 7) is 5.60. The van der Waals surface area contributed by atoms with Crippen molar-refractivity contribution in [2.45, 2.75) is 33.6 Å². The first-order valence-electron chi connectivity index (χ1n) is 9.09. The number of carbonyl (C=O) groups is 1. The number of benzene rings is 2. The smallest absolute Gasteiger partial charge is 0.271 e. The van der Waals surface area contributed by atoms with Gasteiger partial charge in [-0.2, -0.15) is 0 Å². The average Bonchev–Trinajstić information content (AvgIpc) is 2.61. The SMILES string of the molecule is Cc1ccc(NC(=O)CCCN(c2cc([N+](=O)[O-])ccc2C)S(C)(=O)=O)c(C)c1. The molecule has 0 fully saturated rings. The highest BCUT2D eigenvalue weighted by Gasteiger charge is 2.22. The first-order chi connectivity index (χ1) is 13.5. The number of carbonyl (C=O) groups excluding carboxylic acids is 1. The highest BCUT2D eigenvalue weighted by molar-refractivity contribution is 7.92. The number of sulfonamides is 1. The van der Waals surface area contributed by atoms with Crippen molar-refractivity contribution in [1.82, 2.24) is 0 Å². The molecule has 0 spiro atoms. The average molecular weight is 420 g/mol. The Hall–Kier alpha value is -2.94. The minimum absolute atomic E-state index is 0.0428. The molecule has 1 N–H and O–H groups in total. The summed E-state index contributed by atoms with van der Waals surface area (Å²) in [5.41, 5.74) is 3.42. The number of aryl methyl sites for hydroxylation is 3. The molecule has 29 heavy (non-hydrogen) atoms. The molecule has 8 nitrogen and oxygen atoms in total. The fourth-order valence-electron chi connectivity index (χ4n) is 2.99. The summed E-state index contributed by atoms with van der Waals surface area (Å²) in [5, 5.41) is 13.9. The van der Waals surface area contributed by atoms with Crippen molar-refractivity contribution in [3.63, 3.8) is 0 Å². The van der Waals surface area contributed by atoms with Crippen molar-refractivity contribution in [1.29, 1.82) is 0 Å². The zero-order valence-corrected chi connectivity index (χ0v) is 17.7. The molecular formula is C20H25N3O5S. The first kappa shape index (κ1) is 22.4. The first-order valence-corrected chi connectivity index (χ1v) is 10.9. The zero-order chi connectivity index (χ0) is 21.8. The number of rotatable bonds is 8. The number of non-ortho nitro benzene ring substituents is 1. The van der Waals surface area contributed by atoms with E-state index in [0.717, 1.165) is 27.4 Å². The molecule has 156 valence electrons. The van der Waals surface area contributed by atoms with Crippen LogP contribution in [-0.2, 0) is 14.8 Å². The molecule has 2 aromatic rings. The fourth-order valence-corrected chi connectivity index (χ4v) is 4.01. The van der Waals surface area contributed by atoms with Crippen LogP contribution in [0.4, 0.5) is 17.1 Å². The monoisotopic (exact) mass is 419 g/mol. The van der Waals surface area contributed by atoms with E-state index in [1.54, 1.807) is 6.92 Å². The number of hydrogen-bond acceptors (Lipinski definition) is 5. The summed E-state index contributed by atoms with van der Waals surface area (Å²) in [6.07, 6.45) is 1.43. The predicted octanol–water partition coefficient (Wildman–Crippen LogP) is 3.70. The van der Waals surface area contributed by atoms with Crippen LogP contribution >= 0.6 is 0 Å². The van der Waals surface area contributed by atoms with E-state index in [-0.39, 0.29) is 36.7 Å². The lowest BCUT2D eigenvalue weighted by atomic mass is 10.1. The van der Waals surface area contributed by atoms with Crippen LogP contribution in [-0.4, -0.2) is 32.0 Å². The standard InChI is InChI=1S/C20H25N3O5S/c1-14-7-10-18(16(3)12-14)21-20(24)6-5-11-22(29(4,27)28)19-13-17(23(25)26)9-8-15(19)2/h7-10,12-13H,5-6,11H2,1-4H3,(H,21,24). The molecule has 0 saturated carbocycles. The lowest BCUT2D eigenvalue weighted by Crippen LogP contribution is -2.32. The molecule has 0 bridgehead atoms. The Balaban J connectivity index is 2.10. The van der Waals surface area contributed by atoms with E-state index >= 15 is 0 Å². The van der Waals surface area contributed by atoms with Gasteiger partial charge in [0.25, 0.3) is 5.69 Å².